The molecular weight excluding hydrogens is 611 g/mol. The Kier molecular flexibility index (Phi) is 7.11. The molecule has 0 spiro atoms. The number of aryl methyl sites for hydroxylation is 1. The molecule has 6 rings (SSSR count). The monoisotopic (exact) mass is 635 g/mol. The van der Waals surface area contributed by atoms with Crippen molar-refractivity contribution in [1.29, 1.82) is 0 Å². The number of nitrogens with zero attached hydrogens (tertiary/aromatic N) is 4. The lowest BCUT2D eigenvalue weighted by atomic mass is 9.99. The fourth-order valence-corrected chi connectivity index (χ4v) is 5.37. The van der Waals surface area contributed by atoms with Gasteiger partial charge >= 0.3 is 6.18 Å². The third kappa shape index (κ3) is 5.48. The Morgan fingerprint density at radius 2 is 1.69 bits per heavy atom. The highest BCUT2D eigenvalue weighted by atomic mass is 32.2. The van der Waals surface area contributed by atoms with E-state index in [0.717, 1.165) is 22.2 Å². The van der Waals surface area contributed by atoms with Gasteiger partial charge in [0.1, 0.15) is 17.0 Å². The van der Waals surface area contributed by atoms with Crippen molar-refractivity contribution < 1.29 is 35.2 Å². The second-order valence-corrected chi connectivity index (χ2v) is 12.3. The Balaban J connectivity index is 1.68. The predicted octanol–water partition coefficient (Wildman–Crippen LogP) is 6.45. The molecule has 0 atom stereocenters. The van der Waals surface area contributed by atoms with Gasteiger partial charge < -0.3 is 14.2 Å². The summed E-state index contributed by atoms with van der Waals surface area (Å²) in [7, 11) is -1.24. The maximum absolute atomic E-state index is 14.2. The van der Waals surface area contributed by atoms with Gasteiger partial charge in [-0.2, -0.15) is 18.2 Å². The standard InChI is InChI=1S/C31H24F3N5O5S/c1-16-7-9-17(10-8-16)27-26(29(40)35-2)20-14-19(22(15-24(20)43-27)39(3)45(4,41)42)21-12-18(13-25(37-21)31(32,33)34)30-38-28-23(44-30)6-5-11-36-28/h5-15H,1-4H3,(H,35,40). The number of halogens is 3. The van der Waals surface area contributed by atoms with Crippen molar-refractivity contribution in [3.05, 3.63) is 83.7 Å². The van der Waals surface area contributed by atoms with Gasteiger partial charge in [0.05, 0.1) is 23.2 Å². The number of oxazole rings is 1. The van der Waals surface area contributed by atoms with E-state index in [0.29, 0.717) is 5.56 Å². The lowest BCUT2D eigenvalue weighted by Crippen LogP contribution is -2.25. The molecule has 0 radical (unpaired) electrons. The van der Waals surface area contributed by atoms with Crippen LogP contribution in [0.15, 0.2) is 75.7 Å². The van der Waals surface area contributed by atoms with Crippen LogP contribution in [0.3, 0.4) is 0 Å². The fraction of sp³-hybridized carbons (Fsp3) is 0.161. The van der Waals surface area contributed by atoms with Crippen molar-refractivity contribution in [3.8, 4) is 34.0 Å². The molecule has 1 N–H and O–H groups in total. The lowest BCUT2D eigenvalue weighted by Gasteiger charge is -2.21. The summed E-state index contributed by atoms with van der Waals surface area (Å²) < 4.78 is 80.9. The summed E-state index contributed by atoms with van der Waals surface area (Å²) in [4.78, 5) is 25.4. The van der Waals surface area contributed by atoms with E-state index in [9.17, 15) is 26.4 Å². The van der Waals surface area contributed by atoms with Crippen molar-refractivity contribution >= 4 is 43.8 Å². The molecule has 4 aromatic heterocycles. The van der Waals surface area contributed by atoms with Gasteiger partial charge in [0.25, 0.3) is 5.91 Å². The van der Waals surface area contributed by atoms with E-state index >= 15 is 0 Å². The fourth-order valence-electron chi connectivity index (χ4n) is 4.86. The number of nitrogens with one attached hydrogen (secondary N) is 1. The Morgan fingerprint density at radius 1 is 0.956 bits per heavy atom. The molecule has 6 aromatic rings. The summed E-state index contributed by atoms with van der Waals surface area (Å²) in [6, 6.07) is 15.2. The number of hydrogen-bond acceptors (Lipinski definition) is 8. The van der Waals surface area contributed by atoms with E-state index < -0.39 is 27.8 Å². The zero-order chi connectivity index (χ0) is 32.3. The number of furan rings is 1. The predicted molar refractivity (Wildman–Crippen MR) is 162 cm³/mol. The average Bonchev–Trinajstić information content (AvgIpc) is 3.60. The van der Waals surface area contributed by atoms with Crippen LogP contribution in [0.4, 0.5) is 18.9 Å². The van der Waals surface area contributed by atoms with Gasteiger partial charge in [0, 0.05) is 48.4 Å². The maximum Gasteiger partial charge on any atom is 0.433 e. The number of hydrogen-bond donors (Lipinski definition) is 1. The van der Waals surface area contributed by atoms with Crippen molar-refractivity contribution in [2.24, 2.45) is 0 Å². The topological polar surface area (TPSA) is 131 Å². The van der Waals surface area contributed by atoms with Crippen LogP contribution in [0.25, 0.3) is 56.2 Å². The zero-order valence-electron chi connectivity index (χ0n) is 24.2. The minimum Gasteiger partial charge on any atom is -0.455 e. The summed E-state index contributed by atoms with van der Waals surface area (Å²) in [5.74, 6) is -0.463. The van der Waals surface area contributed by atoms with Gasteiger partial charge in [-0.1, -0.05) is 29.8 Å². The van der Waals surface area contributed by atoms with Crippen molar-refractivity contribution in [3.63, 3.8) is 0 Å². The Hall–Kier alpha value is -5.24. The molecule has 0 unspecified atom stereocenters. The highest BCUT2D eigenvalue weighted by molar-refractivity contribution is 7.92. The van der Waals surface area contributed by atoms with Gasteiger partial charge in [-0.25, -0.2) is 18.4 Å². The first-order valence-corrected chi connectivity index (χ1v) is 15.2. The number of carbonyl (C=O) groups is 1. The largest absolute Gasteiger partial charge is 0.455 e. The molecule has 0 aliphatic heterocycles. The molecule has 0 aliphatic carbocycles. The number of benzene rings is 2. The smallest absolute Gasteiger partial charge is 0.433 e. The Bertz CT molecular complexity index is 2190. The van der Waals surface area contributed by atoms with Crippen molar-refractivity contribution in [2.45, 2.75) is 13.1 Å². The lowest BCUT2D eigenvalue weighted by molar-refractivity contribution is -0.141. The number of pyridine rings is 2. The molecule has 10 nitrogen and oxygen atoms in total. The number of anilines is 1. The highest BCUT2D eigenvalue weighted by Gasteiger charge is 2.35. The first kappa shape index (κ1) is 29.8. The molecule has 1 amide bonds. The van der Waals surface area contributed by atoms with E-state index in [1.54, 1.807) is 24.3 Å². The number of amides is 1. The van der Waals surface area contributed by atoms with Crippen molar-refractivity contribution in [1.82, 2.24) is 20.3 Å². The summed E-state index contributed by atoms with van der Waals surface area (Å²) in [6.07, 6.45) is -2.47. The van der Waals surface area contributed by atoms with E-state index in [2.05, 4.69) is 20.3 Å². The Morgan fingerprint density at radius 3 is 2.33 bits per heavy atom. The van der Waals surface area contributed by atoms with E-state index in [-0.39, 0.29) is 61.9 Å². The van der Waals surface area contributed by atoms with Crippen molar-refractivity contribution in [2.75, 3.05) is 24.7 Å². The van der Waals surface area contributed by atoms with Gasteiger partial charge in [0.15, 0.2) is 11.2 Å². The van der Waals surface area contributed by atoms with Crippen LogP contribution < -0.4 is 9.62 Å². The summed E-state index contributed by atoms with van der Waals surface area (Å²) >= 11 is 0. The normalized spacial score (nSPS) is 12.2. The quantitative estimate of drug-likeness (QED) is 0.221. The Labute approximate surface area is 254 Å². The SMILES string of the molecule is CNC(=O)c1c(-c2ccc(C)cc2)oc2cc(N(C)S(C)(=O)=O)c(-c3cc(-c4nc5ncccc5o4)cc(C(F)(F)F)n3)cc12. The van der Waals surface area contributed by atoms with Crippen LogP contribution in [-0.4, -0.2) is 49.6 Å². The molecule has 4 heterocycles. The van der Waals surface area contributed by atoms with Crippen LogP contribution in [0, 0.1) is 6.92 Å². The zero-order valence-corrected chi connectivity index (χ0v) is 25.0. The number of fused-ring (bicyclic) bond motifs is 2. The van der Waals surface area contributed by atoms with E-state index in [1.807, 2.05) is 19.1 Å². The third-order valence-corrected chi connectivity index (χ3v) is 8.41. The molecule has 0 aliphatic rings. The van der Waals surface area contributed by atoms with Crippen LogP contribution >= 0.6 is 0 Å². The number of rotatable bonds is 6. The third-order valence-electron chi connectivity index (χ3n) is 7.21. The average molecular weight is 636 g/mol. The second kappa shape index (κ2) is 10.7. The van der Waals surface area contributed by atoms with E-state index in [4.69, 9.17) is 8.83 Å². The van der Waals surface area contributed by atoms with Gasteiger partial charge in [-0.15, -0.1) is 0 Å². The molecule has 0 saturated carbocycles. The van der Waals surface area contributed by atoms with Crippen LogP contribution in [0.1, 0.15) is 21.6 Å². The van der Waals surface area contributed by atoms with Gasteiger partial charge in [0.2, 0.25) is 15.9 Å². The number of aromatic nitrogens is 3. The van der Waals surface area contributed by atoms with Crippen LogP contribution in [0.5, 0.6) is 0 Å². The number of sulfonamides is 1. The van der Waals surface area contributed by atoms with Crippen LogP contribution in [-0.2, 0) is 16.2 Å². The molecule has 2 aromatic carbocycles. The molecule has 230 valence electrons. The molecule has 0 bridgehead atoms. The molecule has 45 heavy (non-hydrogen) atoms. The van der Waals surface area contributed by atoms with Gasteiger partial charge in [-0.3, -0.25) is 9.10 Å². The van der Waals surface area contributed by atoms with Gasteiger partial charge in [-0.05, 0) is 37.3 Å². The molecule has 0 saturated heterocycles. The molecule has 14 heteroatoms. The highest BCUT2D eigenvalue weighted by Crippen LogP contribution is 2.43. The number of alkyl halides is 3. The number of carbonyl (C=O) groups excluding carboxylic acids is 1. The van der Waals surface area contributed by atoms with E-state index in [1.165, 1.54) is 38.5 Å². The maximum atomic E-state index is 14.2. The first-order valence-electron chi connectivity index (χ1n) is 13.4. The second-order valence-electron chi connectivity index (χ2n) is 10.3. The minimum absolute atomic E-state index is 0.0154. The van der Waals surface area contributed by atoms with Crippen LogP contribution in [0.2, 0.25) is 0 Å². The summed E-state index contributed by atoms with van der Waals surface area (Å²) in [5, 5.41) is 2.81. The summed E-state index contributed by atoms with van der Waals surface area (Å²) in [5.41, 5.74) is 0.604. The minimum atomic E-state index is -4.89. The summed E-state index contributed by atoms with van der Waals surface area (Å²) in [6.45, 7) is 1.90. The first-order chi connectivity index (χ1) is 21.2. The molecular formula is C31H24F3N5O5S. The molecule has 0 fully saturated rings.